The third-order valence-corrected chi connectivity index (χ3v) is 6.91. The maximum absolute atomic E-state index is 11.9. The van der Waals surface area contributed by atoms with Crippen molar-refractivity contribution in [2.45, 2.75) is 79.6 Å². The van der Waals surface area contributed by atoms with Gasteiger partial charge in [-0.1, -0.05) is 46.6 Å². The second kappa shape index (κ2) is 18.0. The lowest BCUT2D eigenvalue weighted by Gasteiger charge is -2.12. The number of allylic oxidation sites excluding steroid dienone is 7. The van der Waals surface area contributed by atoms with Crippen LogP contribution in [0.1, 0.15) is 79.6 Å². The van der Waals surface area contributed by atoms with E-state index >= 15 is 0 Å². The lowest BCUT2D eigenvalue weighted by molar-refractivity contribution is -0.132. The maximum atomic E-state index is 11.9. The molecule has 0 radical (unpaired) electrons. The van der Waals surface area contributed by atoms with Gasteiger partial charge in [-0.15, -0.1) is 0 Å². The summed E-state index contributed by atoms with van der Waals surface area (Å²) in [4.78, 5) is 16.9. The zero-order valence-electron chi connectivity index (χ0n) is 21.2. The van der Waals surface area contributed by atoms with E-state index in [1.54, 1.807) is 0 Å². The minimum atomic E-state index is -3.17. The van der Waals surface area contributed by atoms with Gasteiger partial charge < -0.3 is 9.05 Å². The van der Waals surface area contributed by atoms with Crippen LogP contribution in [-0.2, 0) is 23.2 Å². The van der Waals surface area contributed by atoms with Crippen molar-refractivity contribution in [2.24, 2.45) is 0 Å². The van der Waals surface area contributed by atoms with Crippen LogP contribution < -0.4 is 5.48 Å². The van der Waals surface area contributed by atoms with Crippen molar-refractivity contribution in [1.29, 1.82) is 0 Å². The Labute approximate surface area is 195 Å². The Morgan fingerprint density at radius 2 is 1.22 bits per heavy atom. The molecule has 0 aromatic rings. The van der Waals surface area contributed by atoms with E-state index in [2.05, 4.69) is 58.3 Å². The molecule has 184 valence electrons. The summed E-state index contributed by atoms with van der Waals surface area (Å²) in [5.74, 6) is -0.356. The molecule has 0 aliphatic carbocycles. The average molecular weight is 470 g/mol. The van der Waals surface area contributed by atoms with Crippen molar-refractivity contribution in [3.63, 3.8) is 0 Å². The molecule has 0 aliphatic rings. The predicted molar refractivity (Wildman–Crippen MR) is 134 cm³/mol. The zero-order chi connectivity index (χ0) is 24.4. The number of carbonyl (C=O) groups is 1. The van der Waals surface area contributed by atoms with Crippen molar-refractivity contribution in [3.05, 3.63) is 46.6 Å². The minimum absolute atomic E-state index is 0.00982. The van der Waals surface area contributed by atoms with Crippen LogP contribution in [-0.4, -0.2) is 32.9 Å². The van der Waals surface area contributed by atoms with Crippen LogP contribution in [0.15, 0.2) is 46.6 Å². The van der Waals surface area contributed by atoms with Crippen molar-refractivity contribution in [2.75, 3.05) is 27.0 Å². The smallest absolute Gasteiger partial charge is 0.312 e. The Hall–Kier alpha value is -1.46. The van der Waals surface area contributed by atoms with Gasteiger partial charge in [0.2, 0.25) is 5.91 Å². The molecular weight excluding hydrogens is 425 g/mol. The fourth-order valence-electron chi connectivity index (χ4n) is 2.84. The highest BCUT2D eigenvalue weighted by Crippen LogP contribution is 2.46. The summed E-state index contributed by atoms with van der Waals surface area (Å²) in [7, 11) is -0.569. The van der Waals surface area contributed by atoms with Crippen LogP contribution in [0.4, 0.5) is 0 Å². The molecule has 0 aromatic carbocycles. The molecule has 1 N–H and O–H groups in total. The van der Waals surface area contributed by atoms with E-state index in [0.717, 1.165) is 38.5 Å². The zero-order valence-corrected chi connectivity index (χ0v) is 22.1. The topological polar surface area (TPSA) is 73.9 Å². The second-order valence-electron chi connectivity index (χ2n) is 8.33. The Morgan fingerprint density at radius 3 is 1.69 bits per heavy atom. The molecule has 0 rings (SSSR count). The lowest BCUT2D eigenvalue weighted by atomic mass is 10.0. The lowest BCUT2D eigenvalue weighted by Crippen LogP contribution is -2.24. The first-order valence-corrected chi connectivity index (χ1v) is 13.1. The molecule has 6 nitrogen and oxygen atoms in total. The van der Waals surface area contributed by atoms with Crippen molar-refractivity contribution >= 4 is 13.5 Å². The van der Waals surface area contributed by atoms with Gasteiger partial charge >= 0.3 is 7.60 Å². The summed E-state index contributed by atoms with van der Waals surface area (Å²) in [6, 6.07) is 0. The highest BCUT2D eigenvalue weighted by atomic mass is 31.2. The fourth-order valence-corrected chi connectivity index (χ4v) is 3.83. The first-order chi connectivity index (χ1) is 15.1. The molecule has 0 bridgehead atoms. The summed E-state index contributed by atoms with van der Waals surface area (Å²) in [6.07, 6.45) is 15.3. The highest BCUT2D eigenvalue weighted by Gasteiger charge is 2.22. The molecule has 0 unspecified atom stereocenters. The van der Waals surface area contributed by atoms with Crippen LogP contribution in [0.2, 0.25) is 0 Å². The number of amides is 1. The van der Waals surface area contributed by atoms with Gasteiger partial charge in [-0.2, -0.15) is 0 Å². The van der Waals surface area contributed by atoms with Gasteiger partial charge in [-0.3, -0.25) is 14.2 Å². The molecule has 0 spiro atoms. The molecule has 0 aromatic heterocycles. The van der Waals surface area contributed by atoms with Crippen molar-refractivity contribution < 1.29 is 23.2 Å². The van der Waals surface area contributed by atoms with Gasteiger partial charge in [-0.05, 0) is 73.1 Å². The normalized spacial score (nSPS) is 13.3. The standard InChI is InChI=1S/C25H44NO5P/c1-21(2)11-8-12-22(3)13-9-14-23(4)15-10-16-24(5)17-19-31-26-25(27)18-20-32(28,29-6)30-7/h11,13,15,17H,8-10,12,14,16,18-20H2,1-7H3,(H,26,27). The molecule has 0 heterocycles. The Kier molecular flexibility index (Phi) is 17.2. The summed E-state index contributed by atoms with van der Waals surface area (Å²) in [5, 5.41) is 0. The fraction of sp³-hybridized carbons (Fsp3) is 0.640. The van der Waals surface area contributed by atoms with E-state index in [1.807, 2.05) is 6.08 Å². The van der Waals surface area contributed by atoms with Gasteiger partial charge in [0.1, 0.15) is 0 Å². The third-order valence-electron chi connectivity index (χ3n) is 5.02. The second-order valence-corrected chi connectivity index (χ2v) is 10.7. The highest BCUT2D eigenvalue weighted by molar-refractivity contribution is 7.53. The molecule has 32 heavy (non-hydrogen) atoms. The molecule has 0 fully saturated rings. The molecule has 0 saturated heterocycles. The van der Waals surface area contributed by atoms with E-state index < -0.39 is 7.60 Å². The third kappa shape index (κ3) is 17.1. The molecular formula is C25H44NO5P. The van der Waals surface area contributed by atoms with Gasteiger partial charge in [0.05, 0.1) is 12.8 Å². The first-order valence-electron chi connectivity index (χ1n) is 11.3. The van der Waals surface area contributed by atoms with E-state index in [4.69, 9.17) is 13.9 Å². The molecule has 0 saturated carbocycles. The Morgan fingerprint density at radius 1 is 0.750 bits per heavy atom. The van der Waals surface area contributed by atoms with Crippen LogP contribution >= 0.6 is 7.60 Å². The van der Waals surface area contributed by atoms with Crippen LogP contribution in [0.5, 0.6) is 0 Å². The van der Waals surface area contributed by atoms with Gasteiger partial charge in [-0.25, -0.2) is 5.48 Å². The number of hydrogen-bond acceptors (Lipinski definition) is 5. The molecule has 0 aliphatic heterocycles. The summed E-state index contributed by atoms with van der Waals surface area (Å²) >= 11 is 0. The van der Waals surface area contributed by atoms with Crippen molar-refractivity contribution in [3.8, 4) is 0 Å². The number of hydroxylamine groups is 1. The number of hydrogen-bond donors (Lipinski definition) is 1. The van der Waals surface area contributed by atoms with E-state index in [1.165, 1.54) is 36.5 Å². The summed E-state index contributed by atoms with van der Waals surface area (Å²) < 4.78 is 21.5. The summed E-state index contributed by atoms with van der Waals surface area (Å²) in [6.45, 7) is 11.0. The predicted octanol–water partition coefficient (Wildman–Crippen LogP) is 7.06. The molecule has 0 atom stereocenters. The van der Waals surface area contributed by atoms with Gasteiger partial charge in [0.15, 0.2) is 0 Å². The van der Waals surface area contributed by atoms with E-state index in [9.17, 15) is 9.36 Å². The van der Waals surface area contributed by atoms with E-state index in [0.29, 0.717) is 6.61 Å². The minimum Gasteiger partial charge on any atom is -0.312 e. The summed E-state index contributed by atoms with van der Waals surface area (Å²) in [5.41, 5.74) is 7.82. The molecule has 1 amide bonds. The Bertz CT molecular complexity index is 710. The van der Waals surface area contributed by atoms with Crippen LogP contribution in [0.25, 0.3) is 0 Å². The Balaban J connectivity index is 4.05. The van der Waals surface area contributed by atoms with E-state index in [-0.39, 0.29) is 18.5 Å². The monoisotopic (exact) mass is 469 g/mol. The first kappa shape index (κ1) is 30.5. The quantitative estimate of drug-likeness (QED) is 0.107. The van der Waals surface area contributed by atoms with Gasteiger partial charge in [0, 0.05) is 20.6 Å². The number of rotatable bonds is 17. The SMILES string of the molecule is COP(=O)(CCC(=O)NOCC=C(C)CCC=C(C)CCC=C(C)CCC=C(C)C)OC. The number of carbonyl (C=O) groups excluding carboxylic acids is 1. The molecule has 7 heteroatoms. The van der Waals surface area contributed by atoms with Crippen molar-refractivity contribution in [1.82, 2.24) is 5.48 Å². The van der Waals surface area contributed by atoms with Crippen LogP contribution in [0.3, 0.4) is 0 Å². The van der Waals surface area contributed by atoms with Gasteiger partial charge in [0.25, 0.3) is 0 Å². The maximum Gasteiger partial charge on any atom is 0.330 e. The average Bonchev–Trinajstić information content (AvgIpc) is 2.74. The largest absolute Gasteiger partial charge is 0.330 e. The van der Waals surface area contributed by atoms with Crippen LogP contribution in [0, 0.1) is 0 Å². The number of nitrogens with one attached hydrogen (secondary N) is 1.